The largest absolute Gasteiger partial charge is 0.334 e. The van der Waals surface area contributed by atoms with E-state index in [1.807, 2.05) is 6.07 Å². The molecule has 0 aliphatic carbocycles. The van der Waals surface area contributed by atoms with Gasteiger partial charge in [-0.05, 0) is 31.6 Å². The van der Waals surface area contributed by atoms with Crippen LogP contribution in [0, 0.1) is 23.0 Å². The van der Waals surface area contributed by atoms with Gasteiger partial charge in [-0.1, -0.05) is 13.0 Å². The molecule has 3 nitrogen and oxygen atoms in total. The number of nitriles is 1. The van der Waals surface area contributed by atoms with E-state index in [2.05, 4.69) is 5.32 Å². The van der Waals surface area contributed by atoms with Gasteiger partial charge in [-0.3, -0.25) is 4.79 Å². The summed E-state index contributed by atoms with van der Waals surface area (Å²) in [5.41, 5.74) is -1.28. The fourth-order valence-electron chi connectivity index (χ4n) is 1.34. The Balaban J connectivity index is 2.83. The molecule has 1 aromatic rings. The molecule has 0 spiro atoms. The Labute approximate surface area is 110 Å². The minimum Gasteiger partial charge on any atom is -0.334 e. The fourth-order valence-corrected chi connectivity index (χ4v) is 1.34. The first kappa shape index (κ1) is 14.8. The number of hydrogen-bond donors (Lipinski definition) is 1. The van der Waals surface area contributed by atoms with Crippen LogP contribution in [0.5, 0.6) is 0 Å². The predicted octanol–water partition coefficient (Wildman–Crippen LogP) is 2.79. The van der Waals surface area contributed by atoms with Crippen LogP contribution < -0.4 is 5.32 Å². The third kappa shape index (κ3) is 3.88. The molecule has 0 saturated carbocycles. The van der Waals surface area contributed by atoms with E-state index < -0.39 is 23.1 Å². The SMILES string of the molecule is CC[C@@](C)(C#N)NC(=O)/C=C\c1c(F)cccc1F. The zero-order valence-corrected chi connectivity index (χ0v) is 10.7. The van der Waals surface area contributed by atoms with Gasteiger partial charge in [0.1, 0.15) is 17.2 Å². The molecule has 1 amide bonds. The molecule has 0 aliphatic rings. The van der Waals surface area contributed by atoms with Gasteiger partial charge in [-0.25, -0.2) is 8.78 Å². The highest BCUT2D eigenvalue weighted by Crippen LogP contribution is 2.14. The van der Waals surface area contributed by atoms with Crippen LogP contribution >= 0.6 is 0 Å². The van der Waals surface area contributed by atoms with Crippen LogP contribution in [0.25, 0.3) is 6.08 Å². The molecule has 100 valence electrons. The third-order valence-electron chi connectivity index (χ3n) is 2.75. The van der Waals surface area contributed by atoms with Gasteiger partial charge < -0.3 is 5.32 Å². The second kappa shape index (κ2) is 6.10. The van der Waals surface area contributed by atoms with Crippen molar-refractivity contribution >= 4 is 12.0 Å². The van der Waals surface area contributed by atoms with E-state index in [4.69, 9.17) is 5.26 Å². The van der Waals surface area contributed by atoms with Crippen molar-refractivity contribution in [1.29, 1.82) is 5.26 Å². The maximum absolute atomic E-state index is 13.3. The smallest absolute Gasteiger partial charge is 0.245 e. The second-order valence-electron chi connectivity index (χ2n) is 4.26. The van der Waals surface area contributed by atoms with Crippen molar-refractivity contribution < 1.29 is 13.6 Å². The topological polar surface area (TPSA) is 52.9 Å². The van der Waals surface area contributed by atoms with Crippen LogP contribution in [-0.2, 0) is 4.79 Å². The van der Waals surface area contributed by atoms with Crippen molar-refractivity contribution in [1.82, 2.24) is 5.32 Å². The normalized spacial score (nSPS) is 13.8. The number of hydrogen-bond acceptors (Lipinski definition) is 2. The average molecular weight is 264 g/mol. The molecule has 1 aromatic carbocycles. The van der Waals surface area contributed by atoms with Crippen LogP contribution in [0.2, 0.25) is 0 Å². The molecule has 0 radical (unpaired) electrons. The summed E-state index contributed by atoms with van der Waals surface area (Å²) in [7, 11) is 0. The number of amides is 1. The van der Waals surface area contributed by atoms with Crippen molar-refractivity contribution in [3.63, 3.8) is 0 Å². The van der Waals surface area contributed by atoms with Crippen LogP contribution in [0.3, 0.4) is 0 Å². The first-order valence-corrected chi connectivity index (χ1v) is 5.77. The molecule has 0 fully saturated rings. The minimum absolute atomic E-state index is 0.284. The minimum atomic E-state index is -0.991. The van der Waals surface area contributed by atoms with Crippen molar-refractivity contribution in [3.8, 4) is 6.07 Å². The highest BCUT2D eigenvalue weighted by atomic mass is 19.1. The Morgan fingerprint density at radius 2 is 2.05 bits per heavy atom. The van der Waals surface area contributed by atoms with E-state index in [9.17, 15) is 13.6 Å². The highest BCUT2D eigenvalue weighted by Gasteiger charge is 2.22. The second-order valence-corrected chi connectivity index (χ2v) is 4.26. The van der Waals surface area contributed by atoms with E-state index in [0.717, 1.165) is 24.3 Å². The Morgan fingerprint density at radius 3 is 2.53 bits per heavy atom. The van der Waals surface area contributed by atoms with E-state index >= 15 is 0 Å². The molecule has 5 heteroatoms. The van der Waals surface area contributed by atoms with Crippen molar-refractivity contribution in [2.24, 2.45) is 0 Å². The summed E-state index contributed by atoms with van der Waals surface area (Å²) in [6, 6.07) is 5.41. The number of nitrogens with one attached hydrogen (secondary N) is 1. The Bertz CT molecular complexity index is 529. The van der Waals surface area contributed by atoms with Crippen molar-refractivity contribution in [2.75, 3.05) is 0 Å². The van der Waals surface area contributed by atoms with Gasteiger partial charge in [0, 0.05) is 11.6 Å². The highest BCUT2D eigenvalue weighted by molar-refractivity contribution is 5.92. The molecule has 1 N–H and O–H groups in total. The van der Waals surface area contributed by atoms with Gasteiger partial charge >= 0.3 is 0 Å². The molecule has 0 aromatic heterocycles. The lowest BCUT2D eigenvalue weighted by Crippen LogP contribution is -2.43. The number of halogens is 2. The molecular weight excluding hydrogens is 250 g/mol. The standard InChI is InChI=1S/C14H14F2N2O/c1-3-14(2,9-17)18-13(19)8-7-10-11(15)5-4-6-12(10)16/h4-8H,3H2,1-2H3,(H,18,19)/b8-7-/t14-/m0/s1. The van der Waals surface area contributed by atoms with Crippen molar-refractivity contribution in [2.45, 2.75) is 25.8 Å². The maximum atomic E-state index is 13.3. The summed E-state index contributed by atoms with van der Waals surface area (Å²) in [6.45, 7) is 3.33. The lowest BCUT2D eigenvalue weighted by Gasteiger charge is -2.19. The van der Waals surface area contributed by atoms with Crippen LogP contribution in [0.15, 0.2) is 24.3 Å². The van der Waals surface area contributed by atoms with Crippen molar-refractivity contribution in [3.05, 3.63) is 41.5 Å². The number of rotatable bonds is 4. The summed E-state index contributed by atoms with van der Waals surface area (Å²) in [5, 5.41) is 11.4. The van der Waals surface area contributed by atoms with E-state index in [1.165, 1.54) is 6.07 Å². The predicted molar refractivity (Wildman–Crippen MR) is 67.8 cm³/mol. The quantitative estimate of drug-likeness (QED) is 0.850. The Hall–Kier alpha value is -2.22. The van der Waals surface area contributed by atoms with E-state index in [-0.39, 0.29) is 5.56 Å². The molecule has 0 aliphatic heterocycles. The maximum Gasteiger partial charge on any atom is 0.245 e. The van der Waals surface area contributed by atoms with E-state index in [0.29, 0.717) is 6.42 Å². The summed E-state index contributed by atoms with van der Waals surface area (Å²) < 4.78 is 26.6. The summed E-state index contributed by atoms with van der Waals surface area (Å²) in [5.74, 6) is -2.07. The first-order valence-electron chi connectivity index (χ1n) is 5.77. The van der Waals surface area contributed by atoms with Crippen LogP contribution in [0.1, 0.15) is 25.8 Å². The lowest BCUT2D eigenvalue weighted by molar-refractivity contribution is -0.117. The molecular formula is C14H14F2N2O. The third-order valence-corrected chi connectivity index (χ3v) is 2.75. The number of nitrogens with zero attached hydrogens (tertiary/aromatic N) is 1. The molecule has 0 unspecified atom stereocenters. The molecule has 1 rings (SSSR count). The zero-order valence-electron chi connectivity index (χ0n) is 10.7. The summed E-state index contributed by atoms with van der Waals surface area (Å²) in [4.78, 5) is 11.6. The monoisotopic (exact) mass is 264 g/mol. The lowest BCUT2D eigenvalue weighted by atomic mass is 10.0. The Morgan fingerprint density at radius 1 is 1.47 bits per heavy atom. The van der Waals surface area contributed by atoms with Gasteiger partial charge in [0.15, 0.2) is 0 Å². The molecule has 19 heavy (non-hydrogen) atoms. The van der Waals surface area contributed by atoms with E-state index in [1.54, 1.807) is 13.8 Å². The van der Waals surface area contributed by atoms with Crippen LogP contribution in [0.4, 0.5) is 8.78 Å². The number of carbonyl (C=O) groups excluding carboxylic acids is 1. The average Bonchev–Trinajstić information content (AvgIpc) is 2.38. The fraction of sp³-hybridized carbons (Fsp3) is 0.286. The molecule has 0 bridgehead atoms. The summed E-state index contributed by atoms with van der Waals surface area (Å²) >= 11 is 0. The van der Waals surface area contributed by atoms with Gasteiger partial charge in [0.2, 0.25) is 5.91 Å². The van der Waals surface area contributed by atoms with Crippen LogP contribution in [-0.4, -0.2) is 11.4 Å². The van der Waals surface area contributed by atoms with Gasteiger partial charge in [-0.2, -0.15) is 5.26 Å². The Kier molecular flexibility index (Phi) is 4.76. The van der Waals surface area contributed by atoms with Gasteiger partial charge in [0.05, 0.1) is 6.07 Å². The van der Waals surface area contributed by atoms with Gasteiger partial charge in [-0.15, -0.1) is 0 Å². The van der Waals surface area contributed by atoms with Gasteiger partial charge in [0.25, 0.3) is 0 Å². The molecule has 0 heterocycles. The summed E-state index contributed by atoms with van der Waals surface area (Å²) in [6.07, 6.45) is 2.48. The molecule has 0 saturated heterocycles. The zero-order chi connectivity index (χ0) is 14.5. The number of carbonyl (C=O) groups is 1. The molecule has 1 atom stereocenters. The number of benzene rings is 1. The first-order chi connectivity index (χ1) is 8.91.